The Morgan fingerprint density at radius 1 is 1.47 bits per heavy atom. The van der Waals surface area contributed by atoms with Gasteiger partial charge in [-0.15, -0.1) is 0 Å². The summed E-state index contributed by atoms with van der Waals surface area (Å²) in [5, 5.41) is 11.8. The van der Waals surface area contributed by atoms with Crippen molar-refractivity contribution in [2.45, 2.75) is 52.0 Å². The van der Waals surface area contributed by atoms with Gasteiger partial charge in [0, 0.05) is 19.0 Å². The SMILES string of the molecule is CC1CCN(CC2(CC(N)=NO)CC2)C(C)C1. The lowest BCUT2D eigenvalue weighted by Crippen LogP contribution is -2.43. The van der Waals surface area contributed by atoms with Crippen molar-refractivity contribution < 1.29 is 5.21 Å². The lowest BCUT2D eigenvalue weighted by atomic mass is 9.91. The molecule has 1 saturated carbocycles. The summed E-state index contributed by atoms with van der Waals surface area (Å²) in [5.74, 6) is 1.25. The molecule has 4 nitrogen and oxygen atoms in total. The van der Waals surface area contributed by atoms with Crippen LogP contribution in [0.25, 0.3) is 0 Å². The first kappa shape index (κ1) is 12.7. The van der Waals surface area contributed by atoms with Crippen LogP contribution in [0.3, 0.4) is 0 Å². The van der Waals surface area contributed by atoms with Crippen molar-refractivity contribution in [3.05, 3.63) is 0 Å². The molecule has 0 bridgehead atoms. The van der Waals surface area contributed by atoms with Gasteiger partial charge in [0.1, 0.15) is 5.84 Å². The standard InChI is InChI=1S/C13H25N3O/c1-10-3-6-16(11(2)7-10)9-13(4-5-13)8-12(14)15-17/h10-11,17H,3-9H2,1-2H3,(H2,14,15). The molecule has 17 heavy (non-hydrogen) atoms. The van der Waals surface area contributed by atoms with E-state index in [0.29, 0.717) is 17.3 Å². The van der Waals surface area contributed by atoms with E-state index in [2.05, 4.69) is 23.9 Å². The molecule has 0 aromatic rings. The first-order chi connectivity index (χ1) is 8.04. The van der Waals surface area contributed by atoms with Gasteiger partial charge < -0.3 is 15.8 Å². The smallest absolute Gasteiger partial charge is 0.139 e. The normalized spacial score (nSPS) is 33.6. The minimum absolute atomic E-state index is 0.311. The Bertz CT molecular complexity index is 299. The molecule has 4 heteroatoms. The zero-order valence-corrected chi connectivity index (χ0v) is 11.0. The topological polar surface area (TPSA) is 61.8 Å². The lowest BCUT2D eigenvalue weighted by Gasteiger charge is -2.38. The molecule has 1 aliphatic heterocycles. The Morgan fingerprint density at radius 2 is 2.18 bits per heavy atom. The van der Waals surface area contributed by atoms with Crippen LogP contribution in [0, 0.1) is 11.3 Å². The zero-order chi connectivity index (χ0) is 12.5. The molecule has 0 amide bonds. The highest BCUT2D eigenvalue weighted by atomic mass is 16.4. The van der Waals surface area contributed by atoms with Crippen LogP contribution in [-0.2, 0) is 0 Å². The summed E-state index contributed by atoms with van der Waals surface area (Å²) in [4.78, 5) is 2.59. The molecular formula is C13H25N3O. The van der Waals surface area contributed by atoms with Crippen LogP contribution < -0.4 is 5.73 Å². The van der Waals surface area contributed by atoms with Gasteiger partial charge in [0.2, 0.25) is 0 Å². The van der Waals surface area contributed by atoms with Crippen LogP contribution >= 0.6 is 0 Å². The second-order valence-corrected chi connectivity index (χ2v) is 6.22. The van der Waals surface area contributed by atoms with Crippen LogP contribution in [-0.4, -0.2) is 35.1 Å². The predicted molar refractivity (Wildman–Crippen MR) is 69.1 cm³/mol. The molecule has 1 aliphatic carbocycles. The Hall–Kier alpha value is -0.770. The van der Waals surface area contributed by atoms with Gasteiger partial charge in [0.05, 0.1) is 0 Å². The molecule has 2 rings (SSSR count). The summed E-state index contributed by atoms with van der Waals surface area (Å²) in [6, 6.07) is 0.684. The molecule has 0 aromatic heterocycles. The Morgan fingerprint density at radius 3 is 2.71 bits per heavy atom. The molecule has 1 saturated heterocycles. The summed E-state index contributed by atoms with van der Waals surface area (Å²) in [7, 11) is 0. The molecular weight excluding hydrogens is 214 g/mol. The minimum atomic E-state index is 0.311. The number of amidine groups is 1. The van der Waals surface area contributed by atoms with E-state index in [1.54, 1.807) is 0 Å². The average Bonchev–Trinajstić information content (AvgIpc) is 3.02. The molecule has 0 spiro atoms. The van der Waals surface area contributed by atoms with Crippen molar-refractivity contribution in [3.8, 4) is 0 Å². The molecule has 2 atom stereocenters. The van der Waals surface area contributed by atoms with Gasteiger partial charge in [-0.3, -0.25) is 0 Å². The fourth-order valence-corrected chi connectivity index (χ4v) is 3.11. The number of nitrogens with two attached hydrogens (primary N) is 1. The second-order valence-electron chi connectivity index (χ2n) is 6.22. The van der Waals surface area contributed by atoms with E-state index in [4.69, 9.17) is 10.9 Å². The molecule has 0 aromatic carbocycles. The Kier molecular flexibility index (Phi) is 3.61. The van der Waals surface area contributed by atoms with Gasteiger partial charge in [0.25, 0.3) is 0 Å². The van der Waals surface area contributed by atoms with Crippen LogP contribution in [0.2, 0.25) is 0 Å². The van der Waals surface area contributed by atoms with Crippen molar-refractivity contribution in [1.29, 1.82) is 0 Å². The van der Waals surface area contributed by atoms with Gasteiger partial charge in [-0.25, -0.2) is 0 Å². The number of hydrogen-bond acceptors (Lipinski definition) is 3. The number of piperidine rings is 1. The summed E-state index contributed by atoms with van der Waals surface area (Å²) in [5.41, 5.74) is 5.95. The van der Waals surface area contributed by atoms with Crippen LogP contribution in [0.5, 0.6) is 0 Å². The number of hydrogen-bond donors (Lipinski definition) is 2. The maximum absolute atomic E-state index is 8.67. The molecule has 2 aliphatic rings. The highest BCUT2D eigenvalue weighted by molar-refractivity contribution is 5.80. The quantitative estimate of drug-likeness (QED) is 0.341. The van der Waals surface area contributed by atoms with Crippen LogP contribution in [0.1, 0.15) is 46.0 Å². The number of oxime groups is 1. The van der Waals surface area contributed by atoms with Crippen molar-refractivity contribution in [2.75, 3.05) is 13.1 Å². The van der Waals surface area contributed by atoms with Gasteiger partial charge in [0.15, 0.2) is 0 Å². The molecule has 2 fully saturated rings. The number of likely N-dealkylation sites (tertiary alicyclic amines) is 1. The third-order valence-corrected chi connectivity index (χ3v) is 4.46. The highest BCUT2D eigenvalue weighted by Crippen LogP contribution is 2.50. The van der Waals surface area contributed by atoms with E-state index < -0.39 is 0 Å². The van der Waals surface area contributed by atoms with Crippen molar-refractivity contribution in [3.63, 3.8) is 0 Å². The largest absolute Gasteiger partial charge is 0.409 e. The van der Waals surface area contributed by atoms with Crippen LogP contribution in [0.4, 0.5) is 0 Å². The minimum Gasteiger partial charge on any atom is -0.409 e. The van der Waals surface area contributed by atoms with E-state index in [9.17, 15) is 0 Å². The molecule has 2 unspecified atom stereocenters. The Labute approximate surface area is 104 Å². The first-order valence-corrected chi connectivity index (χ1v) is 6.75. The highest BCUT2D eigenvalue weighted by Gasteiger charge is 2.45. The molecule has 3 N–H and O–H groups in total. The van der Waals surface area contributed by atoms with E-state index in [1.807, 2.05) is 0 Å². The molecule has 1 heterocycles. The predicted octanol–water partition coefficient (Wildman–Crippen LogP) is 2.02. The summed E-state index contributed by atoms with van der Waals surface area (Å²) < 4.78 is 0. The molecule has 98 valence electrons. The monoisotopic (exact) mass is 239 g/mol. The Balaban J connectivity index is 1.88. The first-order valence-electron chi connectivity index (χ1n) is 6.75. The third kappa shape index (κ3) is 3.12. The zero-order valence-electron chi connectivity index (χ0n) is 11.0. The van der Waals surface area contributed by atoms with E-state index in [-0.39, 0.29) is 0 Å². The van der Waals surface area contributed by atoms with E-state index >= 15 is 0 Å². The average molecular weight is 239 g/mol. The number of rotatable bonds is 4. The fraction of sp³-hybridized carbons (Fsp3) is 0.923. The number of nitrogens with zero attached hydrogens (tertiary/aromatic N) is 2. The summed E-state index contributed by atoms with van der Waals surface area (Å²) in [6.07, 6.45) is 5.82. The van der Waals surface area contributed by atoms with Crippen molar-refractivity contribution in [2.24, 2.45) is 22.2 Å². The summed E-state index contributed by atoms with van der Waals surface area (Å²) >= 11 is 0. The fourth-order valence-electron chi connectivity index (χ4n) is 3.11. The molecule has 0 radical (unpaired) electrons. The van der Waals surface area contributed by atoms with E-state index in [1.165, 1.54) is 32.2 Å². The van der Waals surface area contributed by atoms with Gasteiger partial charge in [-0.05, 0) is 50.5 Å². The van der Waals surface area contributed by atoms with E-state index in [0.717, 1.165) is 18.9 Å². The lowest BCUT2D eigenvalue weighted by molar-refractivity contribution is 0.105. The van der Waals surface area contributed by atoms with Gasteiger partial charge in [-0.2, -0.15) is 0 Å². The van der Waals surface area contributed by atoms with Gasteiger partial charge >= 0.3 is 0 Å². The van der Waals surface area contributed by atoms with Crippen molar-refractivity contribution in [1.82, 2.24) is 4.90 Å². The summed E-state index contributed by atoms with van der Waals surface area (Å²) in [6.45, 7) is 7.00. The maximum Gasteiger partial charge on any atom is 0.139 e. The van der Waals surface area contributed by atoms with Crippen molar-refractivity contribution >= 4 is 5.84 Å². The third-order valence-electron chi connectivity index (χ3n) is 4.46. The maximum atomic E-state index is 8.67. The second kappa shape index (κ2) is 4.84. The van der Waals surface area contributed by atoms with Gasteiger partial charge in [-0.1, -0.05) is 12.1 Å². The van der Waals surface area contributed by atoms with Crippen LogP contribution in [0.15, 0.2) is 5.16 Å².